The summed E-state index contributed by atoms with van der Waals surface area (Å²) in [6.07, 6.45) is 0.903. The molecule has 4 nitrogen and oxygen atoms in total. The maximum atomic E-state index is 12.9. The Hall–Kier alpha value is -2.04. The second-order valence-electron chi connectivity index (χ2n) is 6.00. The fourth-order valence-corrected chi connectivity index (χ4v) is 3.20. The third kappa shape index (κ3) is 5.23. The summed E-state index contributed by atoms with van der Waals surface area (Å²) in [7, 11) is 1.55. The van der Waals surface area contributed by atoms with Gasteiger partial charge >= 0.3 is 0 Å². The Kier molecular flexibility index (Phi) is 7.49. The molecule has 0 fully saturated rings. The van der Waals surface area contributed by atoms with Gasteiger partial charge < -0.3 is 10.2 Å². The van der Waals surface area contributed by atoms with Gasteiger partial charge in [-0.25, -0.2) is 0 Å². The second-order valence-corrected chi connectivity index (χ2v) is 6.81. The maximum absolute atomic E-state index is 12.9. The quantitative estimate of drug-likeness (QED) is 0.771. The molecule has 0 saturated heterocycles. The molecule has 2 aromatic rings. The zero-order valence-electron chi connectivity index (χ0n) is 14.8. The topological polar surface area (TPSA) is 49.4 Å². The number of likely N-dealkylation sites (N-methyl/N-ethyl adjacent to an activating group) is 1. The number of nitrogens with zero attached hydrogens (tertiary/aromatic N) is 1. The Morgan fingerprint density at radius 3 is 2.23 bits per heavy atom. The molecule has 0 heterocycles. The summed E-state index contributed by atoms with van der Waals surface area (Å²) >= 11 is 12.5. The van der Waals surface area contributed by atoms with Gasteiger partial charge in [0.1, 0.15) is 6.04 Å². The van der Waals surface area contributed by atoms with E-state index in [1.807, 2.05) is 30.3 Å². The van der Waals surface area contributed by atoms with E-state index in [-0.39, 0.29) is 18.4 Å². The highest BCUT2D eigenvalue weighted by Gasteiger charge is 2.26. The van der Waals surface area contributed by atoms with Gasteiger partial charge in [-0.1, -0.05) is 59.6 Å². The van der Waals surface area contributed by atoms with Crippen molar-refractivity contribution >= 4 is 35.0 Å². The van der Waals surface area contributed by atoms with Crippen LogP contribution in [0.1, 0.15) is 24.5 Å². The molecule has 2 amide bonds. The smallest absolute Gasteiger partial charge is 0.242 e. The van der Waals surface area contributed by atoms with Crippen molar-refractivity contribution in [1.82, 2.24) is 10.2 Å². The van der Waals surface area contributed by atoms with Crippen molar-refractivity contribution in [2.75, 3.05) is 7.05 Å². The largest absolute Gasteiger partial charge is 0.357 e. The summed E-state index contributed by atoms with van der Waals surface area (Å²) in [5, 5.41) is 3.54. The Labute approximate surface area is 164 Å². The zero-order valence-corrected chi connectivity index (χ0v) is 16.3. The zero-order chi connectivity index (χ0) is 19.1. The lowest BCUT2D eigenvalue weighted by atomic mass is 10.1. The minimum absolute atomic E-state index is 0.124. The predicted molar refractivity (Wildman–Crippen MR) is 105 cm³/mol. The first kappa shape index (κ1) is 20.3. The molecule has 0 aliphatic heterocycles. The normalized spacial score (nSPS) is 11.7. The lowest BCUT2D eigenvalue weighted by Gasteiger charge is -2.29. The Balaban J connectivity index is 2.20. The molecular formula is C20H22Cl2N2O2. The highest BCUT2D eigenvalue weighted by Crippen LogP contribution is 2.26. The Morgan fingerprint density at radius 2 is 1.65 bits per heavy atom. The first-order valence-corrected chi connectivity index (χ1v) is 9.17. The minimum atomic E-state index is -0.629. The van der Waals surface area contributed by atoms with Crippen LogP contribution in [0.25, 0.3) is 0 Å². The van der Waals surface area contributed by atoms with Crippen molar-refractivity contribution in [2.45, 2.75) is 32.4 Å². The molecule has 138 valence electrons. The van der Waals surface area contributed by atoms with Crippen LogP contribution in [0.2, 0.25) is 10.0 Å². The monoisotopic (exact) mass is 392 g/mol. The number of hydrogen-bond acceptors (Lipinski definition) is 2. The third-order valence-electron chi connectivity index (χ3n) is 4.27. The van der Waals surface area contributed by atoms with E-state index in [0.717, 1.165) is 5.56 Å². The lowest BCUT2D eigenvalue weighted by molar-refractivity contribution is -0.140. The van der Waals surface area contributed by atoms with Crippen LogP contribution in [0.5, 0.6) is 0 Å². The number of nitrogens with one attached hydrogen (secondary N) is 1. The molecule has 0 radical (unpaired) electrons. The standard InChI is InChI=1S/C20H22Cl2N2O2/c1-14(20(26)23-2)24(13-16-17(21)9-6-10-18(16)22)19(25)12-11-15-7-4-3-5-8-15/h3-10,14H,11-13H2,1-2H3,(H,23,26). The van der Waals surface area contributed by atoms with Crippen LogP contribution in [-0.4, -0.2) is 29.8 Å². The number of benzene rings is 2. The van der Waals surface area contributed by atoms with Gasteiger partial charge in [0.15, 0.2) is 0 Å². The lowest BCUT2D eigenvalue weighted by Crippen LogP contribution is -2.46. The molecular weight excluding hydrogens is 371 g/mol. The van der Waals surface area contributed by atoms with Crippen molar-refractivity contribution in [1.29, 1.82) is 0 Å². The first-order valence-electron chi connectivity index (χ1n) is 8.42. The van der Waals surface area contributed by atoms with Gasteiger partial charge in [0.25, 0.3) is 0 Å². The SMILES string of the molecule is CNC(=O)C(C)N(Cc1c(Cl)cccc1Cl)C(=O)CCc1ccccc1. The minimum Gasteiger partial charge on any atom is -0.357 e. The average Bonchev–Trinajstić information content (AvgIpc) is 2.65. The van der Waals surface area contributed by atoms with E-state index in [4.69, 9.17) is 23.2 Å². The number of aryl methyl sites for hydroxylation is 1. The fourth-order valence-electron chi connectivity index (χ4n) is 2.68. The number of rotatable bonds is 7. The van der Waals surface area contributed by atoms with Gasteiger partial charge in [-0.2, -0.15) is 0 Å². The molecule has 26 heavy (non-hydrogen) atoms. The predicted octanol–water partition coefficient (Wildman–Crippen LogP) is 4.09. The number of carbonyl (C=O) groups is 2. The molecule has 6 heteroatoms. The highest BCUT2D eigenvalue weighted by atomic mass is 35.5. The molecule has 0 spiro atoms. The first-order chi connectivity index (χ1) is 12.4. The molecule has 0 bridgehead atoms. The van der Waals surface area contributed by atoms with Crippen molar-refractivity contribution in [3.63, 3.8) is 0 Å². The molecule has 2 rings (SSSR count). The van der Waals surface area contributed by atoms with Crippen molar-refractivity contribution in [3.05, 3.63) is 69.7 Å². The van der Waals surface area contributed by atoms with Gasteiger partial charge in [-0.05, 0) is 31.0 Å². The van der Waals surface area contributed by atoms with Gasteiger partial charge in [0.05, 0.1) is 0 Å². The molecule has 1 atom stereocenters. The fraction of sp³-hybridized carbons (Fsp3) is 0.300. The molecule has 0 aliphatic carbocycles. The molecule has 2 aromatic carbocycles. The third-order valence-corrected chi connectivity index (χ3v) is 4.98. The summed E-state index contributed by atoms with van der Waals surface area (Å²) in [5.41, 5.74) is 1.71. The van der Waals surface area contributed by atoms with Crippen LogP contribution < -0.4 is 5.32 Å². The Morgan fingerprint density at radius 1 is 1.04 bits per heavy atom. The van der Waals surface area contributed by atoms with Crippen LogP contribution in [0.4, 0.5) is 0 Å². The number of halogens is 2. The molecule has 0 aromatic heterocycles. The molecule has 0 aliphatic rings. The van der Waals surface area contributed by atoms with Crippen molar-refractivity contribution < 1.29 is 9.59 Å². The molecule has 0 saturated carbocycles. The van der Waals surface area contributed by atoms with Crippen molar-refractivity contribution in [3.8, 4) is 0 Å². The maximum Gasteiger partial charge on any atom is 0.242 e. The van der Waals surface area contributed by atoms with Gasteiger partial charge in [0.2, 0.25) is 11.8 Å². The van der Waals surface area contributed by atoms with E-state index in [1.54, 1.807) is 32.2 Å². The van der Waals surface area contributed by atoms with Crippen LogP contribution in [0.3, 0.4) is 0 Å². The van der Waals surface area contributed by atoms with Gasteiger partial charge in [0, 0.05) is 35.6 Å². The summed E-state index contributed by atoms with van der Waals surface area (Å²) in [4.78, 5) is 26.5. The highest BCUT2D eigenvalue weighted by molar-refractivity contribution is 6.36. The van der Waals surface area contributed by atoms with Crippen molar-refractivity contribution in [2.24, 2.45) is 0 Å². The van der Waals surface area contributed by atoms with E-state index < -0.39 is 6.04 Å². The van der Waals surface area contributed by atoms with E-state index in [9.17, 15) is 9.59 Å². The van der Waals surface area contributed by atoms with Crippen LogP contribution in [0, 0.1) is 0 Å². The van der Waals surface area contributed by atoms with E-state index in [0.29, 0.717) is 28.5 Å². The van der Waals surface area contributed by atoms with Gasteiger partial charge in [-0.15, -0.1) is 0 Å². The molecule has 1 unspecified atom stereocenters. The van der Waals surface area contributed by atoms with Crippen LogP contribution in [0.15, 0.2) is 48.5 Å². The molecule has 1 N–H and O–H groups in total. The Bertz CT molecular complexity index is 745. The van der Waals surface area contributed by atoms with Crippen LogP contribution >= 0.6 is 23.2 Å². The summed E-state index contributed by atoms with van der Waals surface area (Å²) in [6, 6.07) is 14.3. The summed E-state index contributed by atoms with van der Waals surface area (Å²) in [6.45, 7) is 1.88. The number of hydrogen-bond donors (Lipinski definition) is 1. The van der Waals surface area contributed by atoms with Crippen LogP contribution in [-0.2, 0) is 22.6 Å². The number of amides is 2. The van der Waals surface area contributed by atoms with E-state index in [1.165, 1.54) is 4.90 Å². The average molecular weight is 393 g/mol. The second kappa shape index (κ2) is 9.60. The van der Waals surface area contributed by atoms with E-state index in [2.05, 4.69) is 5.32 Å². The summed E-state index contributed by atoms with van der Waals surface area (Å²) < 4.78 is 0. The summed E-state index contributed by atoms with van der Waals surface area (Å²) in [5.74, 6) is -0.359. The van der Waals surface area contributed by atoms with E-state index >= 15 is 0 Å². The van der Waals surface area contributed by atoms with Gasteiger partial charge in [-0.3, -0.25) is 9.59 Å². The number of carbonyl (C=O) groups excluding carboxylic acids is 2.